The van der Waals surface area contributed by atoms with Crippen molar-refractivity contribution in [2.24, 2.45) is 5.92 Å². The van der Waals surface area contributed by atoms with Crippen molar-refractivity contribution >= 4 is 33.2 Å². The molecule has 2 fully saturated rings. The Balaban J connectivity index is 1.38. The number of benzene rings is 2. The maximum absolute atomic E-state index is 14.5. The molecule has 1 saturated carbocycles. The zero-order valence-electron chi connectivity index (χ0n) is 19.3. The standard InChI is InChI=1S/C25H29ClFN3O4S/c26-18-7-8-19(21(27)13-18)17-6-9-22-20(12-17)25(32)30-11-10-29(14-23(30)24(31)28-22)35(33,34)15-16-4-2-1-3-5-16/h6-9,12-13,16,23-24,28,31H,1-5,10-11,14-15H2. The second-order valence-corrected chi connectivity index (χ2v) is 12.1. The molecule has 10 heteroatoms. The molecule has 0 aromatic heterocycles. The Hall–Kier alpha value is -2.20. The van der Waals surface area contributed by atoms with Crippen molar-refractivity contribution in [2.75, 3.05) is 30.7 Å². The van der Waals surface area contributed by atoms with Crippen molar-refractivity contribution in [1.29, 1.82) is 0 Å². The molecule has 1 saturated heterocycles. The summed E-state index contributed by atoms with van der Waals surface area (Å²) in [5, 5.41) is 14.2. The minimum absolute atomic E-state index is 0.0294. The van der Waals surface area contributed by atoms with Crippen LogP contribution >= 0.6 is 11.6 Å². The number of sulfonamides is 1. The number of aliphatic hydroxyl groups is 1. The summed E-state index contributed by atoms with van der Waals surface area (Å²) in [6, 6.07) is 8.52. The third-order valence-corrected chi connectivity index (χ3v) is 9.61. The predicted octanol–water partition coefficient (Wildman–Crippen LogP) is 3.93. The summed E-state index contributed by atoms with van der Waals surface area (Å²) in [6.45, 7) is 0.386. The van der Waals surface area contributed by atoms with Crippen LogP contribution in [0.4, 0.5) is 10.1 Å². The summed E-state index contributed by atoms with van der Waals surface area (Å²) in [5.41, 5.74) is 1.54. The molecule has 2 aliphatic heterocycles. The fourth-order valence-electron chi connectivity index (χ4n) is 5.46. The van der Waals surface area contributed by atoms with Gasteiger partial charge in [-0.3, -0.25) is 4.79 Å². The van der Waals surface area contributed by atoms with Crippen molar-refractivity contribution in [3.8, 4) is 11.1 Å². The van der Waals surface area contributed by atoms with Crippen molar-refractivity contribution < 1.29 is 22.7 Å². The average molecular weight is 522 g/mol. The molecular formula is C25H29ClFN3O4S. The van der Waals surface area contributed by atoms with E-state index >= 15 is 0 Å². The van der Waals surface area contributed by atoms with Crippen molar-refractivity contribution in [3.05, 3.63) is 52.8 Å². The lowest BCUT2D eigenvalue weighted by atomic mass is 9.91. The number of carbonyl (C=O) groups is 1. The highest BCUT2D eigenvalue weighted by Gasteiger charge is 2.42. The van der Waals surface area contributed by atoms with Crippen LogP contribution < -0.4 is 5.32 Å². The Morgan fingerprint density at radius 3 is 2.57 bits per heavy atom. The van der Waals surface area contributed by atoms with Gasteiger partial charge in [0.1, 0.15) is 12.0 Å². The molecule has 2 aromatic rings. The highest BCUT2D eigenvalue weighted by Crippen LogP contribution is 2.33. The minimum atomic E-state index is -3.50. The van der Waals surface area contributed by atoms with Crippen LogP contribution in [-0.2, 0) is 10.0 Å². The van der Waals surface area contributed by atoms with Gasteiger partial charge in [-0.25, -0.2) is 12.8 Å². The van der Waals surface area contributed by atoms with Gasteiger partial charge in [-0.2, -0.15) is 4.31 Å². The van der Waals surface area contributed by atoms with E-state index in [2.05, 4.69) is 5.32 Å². The van der Waals surface area contributed by atoms with Crippen LogP contribution in [-0.4, -0.2) is 66.3 Å². The number of nitrogens with one attached hydrogen (secondary N) is 1. The number of hydrogen-bond acceptors (Lipinski definition) is 5. The molecule has 0 radical (unpaired) electrons. The number of halogens is 2. The first-order valence-electron chi connectivity index (χ1n) is 12.1. The molecule has 1 aliphatic carbocycles. The third kappa shape index (κ3) is 4.91. The van der Waals surface area contributed by atoms with Crippen LogP contribution in [0.5, 0.6) is 0 Å². The van der Waals surface area contributed by atoms with E-state index in [4.69, 9.17) is 11.6 Å². The highest BCUT2D eigenvalue weighted by molar-refractivity contribution is 7.89. The first-order chi connectivity index (χ1) is 16.7. The Morgan fingerprint density at radius 1 is 1.06 bits per heavy atom. The normalized spacial score (nSPS) is 23.9. The number of amides is 1. The maximum atomic E-state index is 14.5. The SMILES string of the molecule is O=C1c2cc(-c3ccc(Cl)cc3F)ccc2NC(O)C2CN(S(=O)(=O)CC3CCCCC3)CCN12. The van der Waals surface area contributed by atoms with E-state index < -0.39 is 28.1 Å². The smallest absolute Gasteiger partial charge is 0.256 e. The van der Waals surface area contributed by atoms with Gasteiger partial charge in [-0.1, -0.05) is 36.9 Å². The van der Waals surface area contributed by atoms with E-state index in [0.717, 1.165) is 32.1 Å². The maximum Gasteiger partial charge on any atom is 0.256 e. The van der Waals surface area contributed by atoms with Gasteiger partial charge >= 0.3 is 0 Å². The Labute approximate surface area is 209 Å². The van der Waals surface area contributed by atoms with E-state index in [1.165, 1.54) is 15.3 Å². The lowest BCUT2D eigenvalue weighted by Crippen LogP contribution is -2.61. The van der Waals surface area contributed by atoms with Crippen molar-refractivity contribution in [3.63, 3.8) is 0 Å². The second-order valence-electron chi connectivity index (χ2n) is 9.68. The topological polar surface area (TPSA) is 90.0 Å². The van der Waals surface area contributed by atoms with Gasteiger partial charge in [0.2, 0.25) is 10.0 Å². The first kappa shape index (κ1) is 24.5. The number of rotatable bonds is 4. The fraction of sp³-hybridized carbons (Fsp3) is 0.480. The summed E-state index contributed by atoms with van der Waals surface area (Å²) in [6.07, 6.45) is 3.99. The van der Waals surface area contributed by atoms with Gasteiger partial charge in [0.05, 0.1) is 17.4 Å². The lowest BCUT2D eigenvalue weighted by molar-refractivity contribution is 0.0256. The molecule has 5 rings (SSSR count). The molecule has 35 heavy (non-hydrogen) atoms. The molecule has 3 aliphatic rings. The predicted molar refractivity (Wildman–Crippen MR) is 133 cm³/mol. The van der Waals surface area contributed by atoms with Gasteiger partial charge < -0.3 is 15.3 Å². The largest absolute Gasteiger partial charge is 0.372 e. The average Bonchev–Trinajstić information content (AvgIpc) is 2.93. The van der Waals surface area contributed by atoms with E-state index in [1.807, 2.05) is 0 Å². The number of fused-ring (bicyclic) bond motifs is 2. The number of anilines is 1. The van der Waals surface area contributed by atoms with E-state index in [0.29, 0.717) is 22.4 Å². The minimum Gasteiger partial charge on any atom is -0.372 e. The van der Waals surface area contributed by atoms with Crippen molar-refractivity contribution in [2.45, 2.75) is 44.4 Å². The molecule has 0 spiro atoms. The molecule has 7 nitrogen and oxygen atoms in total. The number of nitrogens with zero attached hydrogens (tertiary/aromatic N) is 2. The fourth-order valence-corrected chi connectivity index (χ4v) is 7.50. The molecule has 2 aromatic carbocycles. The van der Waals surface area contributed by atoms with Crippen LogP contribution in [0, 0.1) is 11.7 Å². The van der Waals surface area contributed by atoms with Gasteiger partial charge in [0.15, 0.2) is 0 Å². The van der Waals surface area contributed by atoms with Gasteiger partial charge in [0.25, 0.3) is 5.91 Å². The third-order valence-electron chi connectivity index (χ3n) is 7.37. The van der Waals surface area contributed by atoms with Gasteiger partial charge in [-0.05, 0) is 54.7 Å². The molecular weight excluding hydrogens is 493 g/mol. The summed E-state index contributed by atoms with van der Waals surface area (Å²) < 4.78 is 42.2. The molecule has 2 heterocycles. The highest BCUT2D eigenvalue weighted by atomic mass is 35.5. The summed E-state index contributed by atoms with van der Waals surface area (Å²) in [7, 11) is -3.50. The Morgan fingerprint density at radius 2 is 1.83 bits per heavy atom. The van der Waals surface area contributed by atoms with Crippen LogP contribution in [0.1, 0.15) is 42.5 Å². The van der Waals surface area contributed by atoms with Crippen LogP contribution in [0.25, 0.3) is 11.1 Å². The molecule has 2 unspecified atom stereocenters. The first-order valence-corrected chi connectivity index (χ1v) is 14.0. The molecule has 2 atom stereocenters. The van der Waals surface area contributed by atoms with Crippen LogP contribution in [0.2, 0.25) is 5.02 Å². The molecule has 0 bridgehead atoms. The van der Waals surface area contributed by atoms with Crippen LogP contribution in [0.3, 0.4) is 0 Å². The van der Waals surface area contributed by atoms with E-state index in [1.54, 1.807) is 30.3 Å². The number of aliphatic hydroxyl groups excluding tert-OH is 1. The van der Waals surface area contributed by atoms with E-state index in [9.17, 15) is 22.7 Å². The summed E-state index contributed by atoms with van der Waals surface area (Å²) >= 11 is 5.87. The number of hydrogen-bond donors (Lipinski definition) is 2. The summed E-state index contributed by atoms with van der Waals surface area (Å²) in [5.74, 6) is -0.537. The van der Waals surface area contributed by atoms with E-state index in [-0.39, 0.29) is 42.2 Å². The van der Waals surface area contributed by atoms with Crippen molar-refractivity contribution in [1.82, 2.24) is 9.21 Å². The Bertz CT molecular complexity index is 1240. The Kier molecular flexibility index (Phi) is 6.78. The lowest BCUT2D eigenvalue weighted by Gasteiger charge is -2.41. The number of piperazine rings is 1. The zero-order chi connectivity index (χ0) is 24.7. The molecule has 1 amide bonds. The summed E-state index contributed by atoms with van der Waals surface area (Å²) in [4.78, 5) is 15.0. The zero-order valence-corrected chi connectivity index (χ0v) is 20.9. The second kappa shape index (κ2) is 9.69. The number of carbonyl (C=O) groups excluding carboxylic acids is 1. The van der Waals surface area contributed by atoms with Gasteiger partial charge in [0, 0.05) is 35.9 Å². The molecule has 2 N–H and O–H groups in total. The molecule has 188 valence electrons. The van der Waals surface area contributed by atoms with Gasteiger partial charge in [-0.15, -0.1) is 0 Å². The monoisotopic (exact) mass is 521 g/mol. The quantitative estimate of drug-likeness (QED) is 0.636. The van der Waals surface area contributed by atoms with Crippen LogP contribution in [0.15, 0.2) is 36.4 Å².